The van der Waals surface area contributed by atoms with E-state index in [1.54, 1.807) is 0 Å². The summed E-state index contributed by atoms with van der Waals surface area (Å²) in [5.74, 6) is 0.927. The van der Waals surface area contributed by atoms with Crippen LogP contribution in [-0.4, -0.2) is 26.6 Å². The smallest absolute Gasteiger partial charge is 0.194 e. The minimum absolute atomic E-state index is 0.101. The molecular weight excluding hydrogens is 370 g/mol. The fourth-order valence-electron chi connectivity index (χ4n) is 5.03. The van der Waals surface area contributed by atoms with Gasteiger partial charge in [-0.05, 0) is 29.0 Å². The Morgan fingerprint density at radius 1 is 1.00 bits per heavy atom. The fraction of sp³-hybridized carbons (Fsp3) is 0.423. The van der Waals surface area contributed by atoms with Gasteiger partial charge in [-0.25, -0.2) is 4.99 Å². The third kappa shape index (κ3) is 3.30. The molecule has 0 bridgehead atoms. The molecule has 1 aliphatic carbocycles. The van der Waals surface area contributed by atoms with E-state index in [0.717, 1.165) is 5.90 Å². The predicted molar refractivity (Wildman–Crippen MR) is 127 cm³/mol. The molecule has 3 atom stereocenters. The van der Waals surface area contributed by atoms with Gasteiger partial charge < -0.3 is 4.74 Å². The summed E-state index contributed by atoms with van der Waals surface area (Å²) >= 11 is 0. The van der Waals surface area contributed by atoms with Gasteiger partial charge in [0.1, 0.15) is 6.61 Å². The lowest BCUT2D eigenvalue weighted by Gasteiger charge is -2.46. The number of ether oxygens (including phenoxy) is 1. The highest BCUT2D eigenvalue weighted by Gasteiger charge is 2.53. The number of hydrogen-bond acceptors (Lipinski definition) is 2. The van der Waals surface area contributed by atoms with E-state index in [1.807, 2.05) is 0 Å². The minimum atomic E-state index is -1.87. The highest BCUT2D eigenvalue weighted by molar-refractivity contribution is 6.91. The molecule has 0 spiro atoms. The van der Waals surface area contributed by atoms with Crippen LogP contribution < -0.4 is 5.19 Å². The van der Waals surface area contributed by atoms with Gasteiger partial charge in [0.05, 0.1) is 19.5 Å². The summed E-state index contributed by atoms with van der Waals surface area (Å²) in [5.41, 5.74) is 2.85. The molecule has 152 valence electrons. The SMILES string of the molecule is CC(C)(C)[C@H]1COC([C@]2(C)c3ccccc3C=C[C@@H]2[Si](C)(C)c2ccccc2)=N1. The average Bonchev–Trinajstić information content (AvgIpc) is 3.20. The average molecular weight is 404 g/mol. The van der Waals surface area contributed by atoms with Gasteiger partial charge in [0.15, 0.2) is 5.90 Å². The van der Waals surface area contributed by atoms with E-state index in [0.29, 0.717) is 12.1 Å². The molecular formula is C26H33NOSi. The zero-order valence-electron chi connectivity index (χ0n) is 18.6. The highest BCUT2D eigenvalue weighted by atomic mass is 28.3. The van der Waals surface area contributed by atoms with Gasteiger partial charge in [-0.3, -0.25) is 0 Å². The normalized spacial score (nSPS) is 26.6. The summed E-state index contributed by atoms with van der Waals surface area (Å²) in [7, 11) is -1.87. The standard InChI is InChI=1S/C26H33NOSi/c1-25(2,3)22-18-28-24(27-22)26(4)21-15-11-10-12-19(21)16-17-23(26)29(5,6)20-13-8-7-9-14-20/h7-17,22-23H,18H2,1-6H3/t22-,23+,26-/m1/s1. The first-order valence-electron chi connectivity index (χ1n) is 10.7. The van der Waals surface area contributed by atoms with Crippen molar-refractivity contribution in [1.82, 2.24) is 0 Å². The molecule has 2 aromatic carbocycles. The highest BCUT2D eigenvalue weighted by Crippen LogP contribution is 2.50. The second kappa shape index (κ2) is 6.98. The first kappa shape index (κ1) is 20.2. The monoisotopic (exact) mass is 403 g/mol. The lowest BCUT2D eigenvalue weighted by atomic mass is 9.73. The van der Waals surface area contributed by atoms with Gasteiger partial charge in [-0.15, -0.1) is 0 Å². The van der Waals surface area contributed by atoms with E-state index >= 15 is 0 Å². The second-order valence-electron chi connectivity index (χ2n) is 10.3. The van der Waals surface area contributed by atoms with Crippen molar-refractivity contribution in [2.24, 2.45) is 10.4 Å². The molecule has 1 aliphatic heterocycles. The molecule has 0 aromatic heterocycles. The largest absolute Gasteiger partial charge is 0.478 e. The van der Waals surface area contributed by atoms with E-state index in [-0.39, 0.29) is 16.9 Å². The quantitative estimate of drug-likeness (QED) is 0.594. The van der Waals surface area contributed by atoms with Crippen LogP contribution in [0.2, 0.25) is 18.6 Å². The summed E-state index contributed by atoms with van der Waals surface area (Å²) in [6.07, 6.45) is 4.76. The predicted octanol–water partition coefficient (Wildman–Crippen LogP) is 5.80. The molecule has 0 amide bonds. The summed E-state index contributed by atoms with van der Waals surface area (Å²) in [6.45, 7) is 14.8. The molecule has 0 radical (unpaired) electrons. The Morgan fingerprint density at radius 2 is 1.66 bits per heavy atom. The number of rotatable bonds is 3. The topological polar surface area (TPSA) is 21.6 Å². The number of aliphatic imine (C=N–C) groups is 1. The van der Waals surface area contributed by atoms with Gasteiger partial charge in [0.25, 0.3) is 0 Å². The van der Waals surface area contributed by atoms with Crippen molar-refractivity contribution < 1.29 is 4.74 Å². The molecule has 2 nitrogen and oxygen atoms in total. The van der Waals surface area contributed by atoms with Gasteiger partial charge in [0, 0.05) is 0 Å². The van der Waals surface area contributed by atoms with E-state index in [9.17, 15) is 0 Å². The Bertz CT molecular complexity index is 954. The van der Waals surface area contributed by atoms with Gasteiger partial charge in [0.2, 0.25) is 0 Å². The maximum Gasteiger partial charge on any atom is 0.194 e. The summed E-state index contributed by atoms with van der Waals surface area (Å²) in [4.78, 5) is 5.19. The second-order valence-corrected chi connectivity index (χ2v) is 15.0. The van der Waals surface area contributed by atoms with Crippen LogP contribution in [0.15, 0.2) is 65.7 Å². The molecule has 3 heteroatoms. The zero-order valence-corrected chi connectivity index (χ0v) is 19.6. The number of fused-ring (bicyclic) bond motifs is 1. The summed E-state index contributed by atoms with van der Waals surface area (Å²) in [6, 6.07) is 20.0. The van der Waals surface area contributed by atoms with Crippen molar-refractivity contribution >= 4 is 25.2 Å². The van der Waals surface area contributed by atoms with Crippen LogP contribution in [0.1, 0.15) is 38.8 Å². The molecule has 1 heterocycles. The molecule has 0 unspecified atom stereocenters. The Morgan fingerprint density at radius 3 is 2.31 bits per heavy atom. The van der Waals surface area contributed by atoms with Crippen LogP contribution in [0.3, 0.4) is 0 Å². The zero-order chi connectivity index (χ0) is 20.9. The minimum Gasteiger partial charge on any atom is -0.478 e. The van der Waals surface area contributed by atoms with Crippen LogP contribution in [0.5, 0.6) is 0 Å². The van der Waals surface area contributed by atoms with Crippen LogP contribution in [0, 0.1) is 5.41 Å². The van der Waals surface area contributed by atoms with Crippen LogP contribution in [-0.2, 0) is 10.2 Å². The van der Waals surface area contributed by atoms with E-state index in [1.165, 1.54) is 16.3 Å². The molecule has 0 N–H and O–H groups in total. The molecule has 29 heavy (non-hydrogen) atoms. The Hall–Kier alpha value is -2.13. The fourth-order valence-corrected chi connectivity index (χ4v) is 8.74. The van der Waals surface area contributed by atoms with Gasteiger partial charge in [-0.1, -0.05) is 106 Å². The third-order valence-corrected chi connectivity index (χ3v) is 11.1. The first-order chi connectivity index (χ1) is 13.6. The van der Waals surface area contributed by atoms with Crippen molar-refractivity contribution in [2.75, 3.05) is 6.61 Å². The molecule has 4 rings (SSSR count). The van der Waals surface area contributed by atoms with E-state index in [4.69, 9.17) is 9.73 Å². The van der Waals surface area contributed by atoms with Crippen molar-refractivity contribution in [3.05, 3.63) is 71.8 Å². The van der Waals surface area contributed by atoms with Crippen molar-refractivity contribution in [1.29, 1.82) is 0 Å². The maximum atomic E-state index is 6.39. The van der Waals surface area contributed by atoms with Crippen molar-refractivity contribution in [3.63, 3.8) is 0 Å². The lowest BCUT2D eigenvalue weighted by molar-refractivity contribution is 0.226. The third-order valence-electron chi connectivity index (χ3n) is 7.00. The van der Waals surface area contributed by atoms with Gasteiger partial charge in [-0.2, -0.15) is 0 Å². The number of hydrogen-bond donors (Lipinski definition) is 0. The van der Waals surface area contributed by atoms with E-state index in [2.05, 4.69) is 108 Å². The van der Waals surface area contributed by atoms with Crippen molar-refractivity contribution in [2.45, 2.75) is 57.8 Å². The first-order valence-corrected chi connectivity index (χ1v) is 13.8. The number of benzene rings is 2. The Kier molecular flexibility index (Phi) is 4.85. The van der Waals surface area contributed by atoms with Gasteiger partial charge >= 0.3 is 0 Å². The maximum absolute atomic E-state index is 6.39. The molecule has 2 aliphatic rings. The Labute approximate surface area is 176 Å². The molecule has 0 saturated heterocycles. The number of allylic oxidation sites excluding steroid dienone is 1. The summed E-state index contributed by atoms with van der Waals surface area (Å²) in [5, 5.41) is 1.48. The molecule has 0 saturated carbocycles. The Balaban J connectivity index is 1.88. The van der Waals surface area contributed by atoms with Crippen LogP contribution in [0.4, 0.5) is 0 Å². The summed E-state index contributed by atoms with van der Waals surface area (Å²) < 4.78 is 6.39. The molecule has 2 aromatic rings. The van der Waals surface area contributed by atoms with Crippen LogP contribution in [0.25, 0.3) is 6.08 Å². The van der Waals surface area contributed by atoms with E-state index < -0.39 is 8.07 Å². The number of nitrogens with zero attached hydrogens (tertiary/aromatic N) is 1. The van der Waals surface area contributed by atoms with Crippen molar-refractivity contribution in [3.8, 4) is 0 Å². The lowest BCUT2D eigenvalue weighted by Crippen LogP contribution is -2.55. The van der Waals surface area contributed by atoms with Crippen LogP contribution >= 0.6 is 0 Å². The molecule has 0 fully saturated rings.